The summed E-state index contributed by atoms with van der Waals surface area (Å²) in [6.07, 6.45) is 3.12. The molecule has 1 fully saturated rings. The van der Waals surface area contributed by atoms with Crippen LogP contribution in [0.4, 0.5) is 5.69 Å². The number of nitrogens with zero attached hydrogens (tertiary/aromatic N) is 3. The van der Waals surface area contributed by atoms with Crippen molar-refractivity contribution in [3.63, 3.8) is 0 Å². The molecule has 0 spiro atoms. The SMILES string of the molecule is Cc1cc(N2CCC(C)N(Cc3ccccc3)CC2)ccn1. The van der Waals surface area contributed by atoms with Crippen LogP contribution in [-0.2, 0) is 6.54 Å². The summed E-state index contributed by atoms with van der Waals surface area (Å²) in [4.78, 5) is 9.40. The van der Waals surface area contributed by atoms with E-state index in [1.165, 1.54) is 17.7 Å². The van der Waals surface area contributed by atoms with Crippen LogP contribution in [0.1, 0.15) is 24.6 Å². The van der Waals surface area contributed by atoms with Crippen molar-refractivity contribution in [3.05, 3.63) is 59.9 Å². The Kier molecular flexibility index (Phi) is 4.74. The van der Waals surface area contributed by atoms with E-state index in [1.54, 1.807) is 0 Å². The number of rotatable bonds is 3. The second kappa shape index (κ2) is 6.93. The molecule has 0 N–H and O–H groups in total. The van der Waals surface area contributed by atoms with Gasteiger partial charge < -0.3 is 4.90 Å². The van der Waals surface area contributed by atoms with Gasteiger partial charge in [0.2, 0.25) is 0 Å². The second-order valence-electron chi connectivity index (χ2n) is 6.24. The fourth-order valence-corrected chi connectivity index (χ4v) is 3.14. The van der Waals surface area contributed by atoms with Crippen LogP contribution in [0.2, 0.25) is 0 Å². The van der Waals surface area contributed by atoms with Gasteiger partial charge in [-0.3, -0.25) is 9.88 Å². The largest absolute Gasteiger partial charge is 0.370 e. The van der Waals surface area contributed by atoms with Crippen molar-refractivity contribution >= 4 is 5.69 Å². The summed E-state index contributed by atoms with van der Waals surface area (Å²) < 4.78 is 0. The molecule has 22 heavy (non-hydrogen) atoms. The minimum absolute atomic E-state index is 0.619. The molecular formula is C19H25N3. The first-order valence-electron chi connectivity index (χ1n) is 8.18. The maximum atomic E-state index is 4.31. The number of benzene rings is 1. The summed E-state index contributed by atoms with van der Waals surface area (Å²) in [7, 11) is 0. The van der Waals surface area contributed by atoms with Gasteiger partial charge in [-0.25, -0.2) is 0 Å². The van der Waals surface area contributed by atoms with Crippen molar-refractivity contribution in [1.29, 1.82) is 0 Å². The highest BCUT2D eigenvalue weighted by Gasteiger charge is 2.21. The van der Waals surface area contributed by atoms with Crippen molar-refractivity contribution in [2.45, 2.75) is 32.9 Å². The summed E-state index contributed by atoms with van der Waals surface area (Å²) in [5.41, 5.74) is 3.81. The Bertz CT molecular complexity index is 597. The first-order chi connectivity index (χ1) is 10.7. The number of pyridine rings is 1. The molecule has 1 atom stereocenters. The fraction of sp³-hybridized carbons (Fsp3) is 0.421. The van der Waals surface area contributed by atoms with Crippen LogP contribution in [-0.4, -0.2) is 35.6 Å². The average molecular weight is 295 g/mol. The molecule has 3 heteroatoms. The van der Waals surface area contributed by atoms with Crippen molar-refractivity contribution in [2.24, 2.45) is 0 Å². The molecule has 3 rings (SSSR count). The highest BCUT2D eigenvalue weighted by Crippen LogP contribution is 2.20. The molecule has 0 amide bonds. The predicted octanol–water partition coefficient (Wildman–Crippen LogP) is 3.49. The van der Waals surface area contributed by atoms with Gasteiger partial charge in [0.1, 0.15) is 0 Å². The molecule has 2 aromatic rings. The monoisotopic (exact) mass is 295 g/mol. The zero-order chi connectivity index (χ0) is 15.4. The van der Waals surface area contributed by atoms with Crippen LogP contribution < -0.4 is 4.90 Å². The minimum Gasteiger partial charge on any atom is -0.370 e. The number of aromatic nitrogens is 1. The van der Waals surface area contributed by atoms with Crippen LogP contribution >= 0.6 is 0 Å². The maximum Gasteiger partial charge on any atom is 0.0400 e. The Hall–Kier alpha value is -1.87. The molecule has 1 aromatic carbocycles. The van der Waals surface area contributed by atoms with E-state index in [9.17, 15) is 0 Å². The van der Waals surface area contributed by atoms with E-state index in [0.717, 1.165) is 31.9 Å². The highest BCUT2D eigenvalue weighted by atomic mass is 15.2. The van der Waals surface area contributed by atoms with Gasteiger partial charge in [0.05, 0.1) is 0 Å². The van der Waals surface area contributed by atoms with Gasteiger partial charge in [-0.15, -0.1) is 0 Å². The molecule has 2 heterocycles. The van der Waals surface area contributed by atoms with Gasteiger partial charge in [0, 0.05) is 49.8 Å². The van der Waals surface area contributed by atoms with E-state index in [4.69, 9.17) is 0 Å². The van der Waals surface area contributed by atoms with E-state index in [1.807, 2.05) is 6.20 Å². The van der Waals surface area contributed by atoms with Crippen LogP contribution in [0, 0.1) is 6.92 Å². The van der Waals surface area contributed by atoms with Crippen molar-refractivity contribution < 1.29 is 0 Å². The van der Waals surface area contributed by atoms with Crippen LogP contribution in [0.25, 0.3) is 0 Å². The molecule has 116 valence electrons. The van der Waals surface area contributed by atoms with Crippen LogP contribution in [0.5, 0.6) is 0 Å². The summed E-state index contributed by atoms with van der Waals surface area (Å²) in [6.45, 7) is 8.77. The van der Waals surface area contributed by atoms with Gasteiger partial charge in [-0.05, 0) is 38.0 Å². The predicted molar refractivity (Wildman–Crippen MR) is 92.1 cm³/mol. The lowest BCUT2D eigenvalue weighted by Gasteiger charge is -2.26. The first-order valence-corrected chi connectivity index (χ1v) is 8.18. The van der Waals surface area contributed by atoms with Gasteiger partial charge in [0.25, 0.3) is 0 Å². The smallest absolute Gasteiger partial charge is 0.0400 e. The normalized spacial score (nSPS) is 19.9. The number of hydrogen-bond donors (Lipinski definition) is 0. The minimum atomic E-state index is 0.619. The number of anilines is 1. The highest BCUT2D eigenvalue weighted by molar-refractivity contribution is 5.46. The maximum absolute atomic E-state index is 4.31. The molecule has 1 saturated heterocycles. The fourth-order valence-electron chi connectivity index (χ4n) is 3.14. The number of aryl methyl sites for hydroxylation is 1. The Labute approximate surface area is 133 Å². The van der Waals surface area contributed by atoms with Crippen LogP contribution in [0.15, 0.2) is 48.7 Å². The number of hydrogen-bond acceptors (Lipinski definition) is 3. The van der Waals surface area contributed by atoms with Gasteiger partial charge in [-0.2, -0.15) is 0 Å². The molecular weight excluding hydrogens is 270 g/mol. The Morgan fingerprint density at radius 3 is 2.68 bits per heavy atom. The van der Waals surface area contributed by atoms with Gasteiger partial charge in [-0.1, -0.05) is 30.3 Å². The van der Waals surface area contributed by atoms with E-state index in [-0.39, 0.29) is 0 Å². The van der Waals surface area contributed by atoms with Gasteiger partial charge >= 0.3 is 0 Å². The first kappa shape index (κ1) is 15.0. The standard InChI is InChI=1S/C19H25N3/c1-16-14-19(8-10-20-16)21-11-9-17(2)22(13-12-21)15-18-6-4-3-5-7-18/h3-8,10,14,17H,9,11-13,15H2,1-2H3. The third-order valence-electron chi connectivity index (χ3n) is 4.57. The topological polar surface area (TPSA) is 19.4 Å². The Morgan fingerprint density at radius 1 is 1.09 bits per heavy atom. The molecule has 0 bridgehead atoms. The van der Waals surface area contributed by atoms with E-state index in [2.05, 4.69) is 71.1 Å². The molecule has 0 saturated carbocycles. The molecule has 1 unspecified atom stereocenters. The molecule has 0 aliphatic carbocycles. The summed E-state index contributed by atoms with van der Waals surface area (Å²) in [6, 6.07) is 15.7. The van der Waals surface area contributed by atoms with Gasteiger partial charge in [0.15, 0.2) is 0 Å². The lowest BCUT2D eigenvalue weighted by Crippen LogP contribution is -2.34. The molecule has 0 radical (unpaired) electrons. The summed E-state index contributed by atoms with van der Waals surface area (Å²) in [5.74, 6) is 0. The second-order valence-corrected chi connectivity index (χ2v) is 6.24. The molecule has 3 nitrogen and oxygen atoms in total. The lowest BCUT2D eigenvalue weighted by atomic mass is 10.1. The molecule has 1 aliphatic rings. The van der Waals surface area contributed by atoms with Crippen molar-refractivity contribution in [2.75, 3.05) is 24.5 Å². The summed E-state index contributed by atoms with van der Waals surface area (Å²) in [5, 5.41) is 0. The van der Waals surface area contributed by atoms with Crippen LogP contribution in [0.3, 0.4) is 0 Å². The quantitative estimate of drug-likeness (QED) is 0.864. The zero-order valence-electron chi connectivity index (χ0n) is 13.6. The lowest BCUT2D eigenvalue weighted by molar-refractivity contribution is 0.212. The Balaban J connectivity index is 1.67. The average Bonchev–Trinajstić information content (AvgIpc) is 2.71. The Morgan fingerprint density at radius 2 is 1.91 bits per heavy atom. The van der Waals surface area contributed by atoms with Crippen molar-refractivity contribution in [1.82, 2.24) is 9.88 Å². The van der Waals surface area contributed by atoms with E-state index < -0.39 is 0 Å². The molecule has 1 aromatic heterocycles. The van der Waals surface area contributed by atoms with E-state index in [0.29, 0.717) is 6.04 Å². The third-order valence-corrected chi connectivity index (χ3v) is 4.57. The summed E-state index contributed by atoms with van der Waals surface area (Å²) >= 11 is 0. The van der Waals surface area contributed by atoms with E-state index >= 15 is 0 Å². The van der Waals surface area contributed by atoms with Crippen molar-refractivity contribution in [3.8, 4) is 0 Å². The third kappa shape index (κ3) is 3.66. The zero-order valence-corrected chi connectivity index (χ0v) is 13.6. The molecule has 1 aliphatic heterocycles.